The molecule has 0 saturated heterocycles. The minimum Gasteiger partial charge on any atom is -0.325 e. The van der Waals surface area contributed by atoms with Gasteiger partial charge in [-0.1, -0.05) is 54.1 Å². The highest BCUT2D eigenvalue weighted by atomic mass is 35.5. The third kappa shape index (κ3) is 3.88. The van der Waals surface area contributed by atoms with Crippen molar-refractivity contribution in [2.75, 3.05) is 5.32 Å². The normalized spacial score (nSPS) is 11.6. The predicted molar refractivity (Wildman–Crippen MR) is 122 cm³/mol. The van der Waals surface area contributed by atoms with Crippen LogP contribution in [0.25, 0.3) is 22.4 Å². The quantitative estimate of drug-likeness (QED) is 0.449. The summed E-state index contributed by atoms with van der Waals surface area (Å²) < 4.78 is 1.29. The number of carbonyl (C=O) groups is 1. The molecule has 0 unspecified atom stereocenters. The van der Waals surface area contributed by atoms with Crippen molar-refractivity contribution in [3.05, 3.63) is 106 Å². The largest absolute Gasteiger partial charge is 0.325 e. The SMILES string of the molecule is O=C(Cn1cnc(-c2ccc(Cl)cc2)cc1=O)Nc1ccc2c(c1)Cc1ccccc1-2. The number of carbonyl (C=O) groups excluding carboxylic acids is 1. The molecule has 152 valence electrons. The van der Waals surface area contributed by atoms with Crippen molar-refractivity contribution in [2.45, 2.75) is 13.0 Å². The van der Waals surface area contributed by atoms with Crippen LogP contribution in [0.1, 0.15) is 11.1 Å². The Bertz CT molecular complexity index is 1360. The van der Waals surface area contributed by atoms with Gasteiger partial charge in [-0.2, -0.15) is 0 Å². The molecular formula is C25H18ClN3O2. The maximum Gasteiger partial charge on any atom is 0.254 e. The minimum absolute atomic E-state index is 0.107. The van der Waals surface area contributed by atoms with E-state index in [0.717, 1.165) is 17.7 Å². The zero-order valence-corrected chi connectivity index (χ0v) is 17.3. The van der Waals surface area contributed by atoms with Crippen LogP contribution in [0.5, 0.6) is 0 Å². The molecular weight excluding hydrogens is 410 g/mol. The Kier molecular flexibility index (Phi) is 4.88. The van der Waals surface area contributed by atoms with E-state index in [0.29, 0.717) is 10.7 Å². The zero-order valence-electron chi connectivity index (χ0n) is 16.5. The summed E-state index contributed by atoms with van der Waals surface area (Å²) in [6.45, 7) is -0.107. The molecule has 1 aromatic heterocycles. The number of hydrogen-bond donors (Lipinski definition) is 1. The van der Waals surface area contributed by atoms with E-state index >= 15 is 0 Å². The van der Waals surface area contributed by atoms with Crippen molar-refractivity contribution in [1.82, 2.24) is 9.55 Å². The Morgan fingerprint density at radius 3 is 2.55 bits per heavy atom. The van der Waals surface area contributed by atoms with Crippen molar-refractivity contribution in [3.8, 4) is 22.4 Å². The Hall–Kier alpha value is -3.70. The van der Waals surface area contributed by atoms with Gasteiger partial charge in [-0.25, -0.2) is 4.98 Å². The molecule has 0 aliphatic heterocycles. The molecule has 0 saturated carbocycles. The summed E-state index contributed by atoms with van der Waals surface area (Å²) in [6.07, 6.45) is 2.25. The average molecular weight is 428 g/mol. The van der Waals surface area contributed by atoms with Gasteiger partial charge < -0.3 is 5.32 Å². The van der Waals surface area contributed by atoms with Gasteiger partial charge in [-0.05, 0) is 52.9 Å². The molecule has 1 aliphatic rings. The number of benzene rings is 3. The number of nitrogens with zero attached hydrogens (tertiary/aromatic N) is 2. The topological polar surface area (TPSA) is 64.0 Å². The van der Waals surface area contributed by atoms with Crippen molar-refractivity contribution < 1.29 is 4.79 Å². The van der Waals surface area contributed by atoms with E-state index in [1.165, 1.54) is 39.2 Å². The second kappa shape index (κ2) is 7.85. The summed E-state index contributed by atoms with van der Waals surface area (Å²) in [6, 6.07) is 22.7. The van der Waals surface area contributed by atoms with E-state index in [1.54, 1.807) is 24.3 Å². The lowest BCUT2D eigenvalue weighted by atomic mass is 10.1. The first-order valence-corrected chi connectivity index (χ1v) is 10.3. The fraction of sp³-hybridized carbons (Fsp3) is 0.0800. The lowest BCUT2D eigenvalue weighted by Crippen LogP contribution is -2.27. The Morgan fingerprint density at radius 1 is 0.968 bits per heavy atom. The lowest BCUT2D eigenvalue weighted by Gasteiger charge is -2.09. The zero-order chi connectivity index (χ0) is 21.4. The van der Waals surface area contributed by atoms with Crippen LogP contribution in [0.15, 0.2) is 83.9 Å². The fourth-order valence-corrected chi connectivity index (χ4v) is 4.03. The van der Waals surface area contributed by atoms with Gasteiger partial charge in [-0.15, -0.1) is 0 Å². The predicted octanol–water partition coefficient (Wildman–Crippen LogP) is 4.77. The van der Waals surface area contributed by atoms with E-state index in [9.17, 15) is 9.59 Å². The first-order chi connectivity index (χ1) is 15.1. The van der Waals surface area contributed by atoms with E-state index in [1.807, 2.05) is 30.3 Å². The first kappa shape index (κ1) is 19.3. The van der Waals surface area contributed by atoms with E-state index in [4.69, 9.17) is 11.6 Å². The fourth-order valence-electron chi connectivity index (χ4n) is 3.90. The summed E-state index contributed by atoms with van der Waals surface area (Å²) in [5, 5.41) is 3.50. The molecule has 0 spiro atoms. The number of rotatable bonds is 4. The maximum absolute atomic E-state index is 12.5. The molecule has 5 rings (SSSR count). The number of aromatic nitrogens is 2. The third-order valence-electron chi connectivity index (χ3n) is 5.41. The molecule has 0 bridgehead atoms. The van der Waals surface area contributed by atoms with Crippen LogP contribution in [0.2, 0.25) is 5.02 Å². The summed E-state index contributed by atoms with van der Waals surface area (Å²) in [5.74, 6) is -0.279. The molecule has 0 atom stereocenters. The van der Waals surface area contributed by atoms with Gasteiger partial charge in [0.05, 0.1) is 12.0 Å². The number of anilines is 1. The van der Waals surface area contributed by atoms with Crippen LogP contribution >= 0.6 is 11.6 Å². The van der Waals surface area contributed by atoms with Crippen molar-refractivity contribution in [2.24, 2.45) is 0 Å². The van der Waals surface area contributed by atoms with Gasteiger partial charge >= 0.3 is 0 Å². The Morgan fingerprint density at radius 2 is 1.74 bits per heavy atom. The number of hydrogen-bond acceptors (Lipinski definition) is 3. The molecule has 5 nitrogen and oxygen atoms in total. The van der Waals surface area contributed by atoms with Crippen molar-refractivity contribution in [1.29, 1.82) is 0 Å². The molecule has 3 aromatic carbocycles. The van der Waals surface area contributed by atoms with Gasteiger partial charge in [0.1, 0.15) is 6.54 Å². The summed E-state index contributed by atoms with van der Waals surface area (Å²) in [4.78, 5) is 29.3. The highest BCUT2D eigenvalue weighted by Gasteiger charge is 2.18. The minimum atomic E-state index is -0.292. The molecule has 4 aromatic rings. The van der Waals surface area contributed by atoms with Crippen LogP contribution in [0.3, 0.4) is 0 Å². The smallest absolute Gasteiger partial charge is 0.254 e. The molecule has 31 heavy (non-hydrogen) atoms. The van der Waals surface area contributed by atoms with E-state index in [2.05, 4.69) is 22.4 Å². The van der Waals surface area contributed by atoms with Gasteiger partial charge in [0, 0.05) is 22.3 Å². The number of amides is 1. The van der Waals surface area contributed by atoms with Crippen LogP contribution in [-0.4, -0.2) is 15.5 Å². The van der Waals surface area contributed by atoms with Crippen LogP contribution in [0, 0.1) is 0 Å². The van der Waals surface area contributed by atoms with E-state index < -0.39 is 0 Å². The second-order valence-corrected chi connectivity index (χ2v) is 7.94. The van der Waals surface area contributed by atoms with Crippen molar-refractivity contribution >= 4 is 23.2 Å². The molecule has 0 fully saturated rings. The average Bonchev–Trinajstić information content (AvgIpc) is 3.13. The number of nitrogens with one attached hydrogen (secondary N) is 1. The molecule has 6 heteroatoms. The third-order valence-corrected chi connectivity index (χ3v) is 5.66. The van der Waals surface area contributed by atoms with Gasteiger partial charge in [0.25, 0.3) is 5.56 Å². The van der Waals surface area contributed by atoms with Crippen molar-refractivity contribution in [3.63, 3.8) is 0 Å². The summed E-state index contributed by atoms with van der Waals surface area (Å²) in [5.41, 5.74) is 6.67. The van der Waals surface area contributed by atoms with Gasteiger partial charge in [0.2, 0.25) is 5.91 Å². The summed E-state index contributed by atoms with van der Waals surface area (Å²) >= 11 is 5.90. The van der Waals surface area contributed by atoms with Gasteiger partial charge in [0.15, 0.2) is 0 Å². The standard InChI is InChI=1S/C25H18ClN3O2/c26-19-7-5-16(6-8-19)23-13-25(31)29(15-27-23)14-24(30)28-20-9-10-22-18(12-20)11-17-3-1-2-4-21(17)22/h1-10,12-13,15H,11,14H2,(H,28,30). The monoisotopic (exact) mass is 427 g/mol. The molecule has 1 N–H and O–H groups in total. The van der Waals surface area contributed by atoms with Gasteiger partial charge in [-0.3, -0.25) is 14.2 Å². The molecule has 1 amide bonds. The molecule has 1 heterocycles. The van der Waals surface area contributed by atoms with Crippen LogP contribution in [-0.2, 0) is 17.8 Å². The van der Waals surface area contributed by atoms with E-state index in [-0.39, 0.29) is 18.0 Å². The molecule has 0 radical (unpaired) electrons. The first-order valence-electron chi connectivity index (χ1n) is 9.90. The molecule has 1 aliphatic carbocycles. The Labute approximate surface area is 184 Å². The highest BCUT2D eigenvalue weighted by Crippen LogP contribution is 2.37. The maximum atomic E-state index is 12.5. The number of halogens is 1. The van der Waals surface area contributed by atoms with Crippen LogP contribution < -0.4 is 10.9 Å². The second-order valence-electron chi connectivity index (χ2n) is 7.50. The Balaban J connectivity index is 1.29. The summed E-state index contributed by atoms with van der Waals surface area (Å²) in [7, 11) is 0. The highest BCUT2D eigenvalue weighted by molar-refractivity contribution is 6.30. The number of fused-ring (bicyclic) bond motifs is 3. The van der Waals surface area contributed by atoms with Crippen LogP contribution in [0.4, 0.5) is 5.69 Å². The lowest BCUT2D eigenvalue weighted by molar-refractivity contribution is -0.116.